The predicted molar refractivity (Wildman–Crippen MR) is 91.4 cm³/mol. The molecule has 2 heterocycles. The second-order valence-corrected chi connectivity index (χ2v) is 7.90. The lowest BCUT2D eigenvalue weighted by Gasteiger charge is -2.20. The fourth-order valence-corrected chi connectivity index (χ4v) is 3.99. The van der Waals surface area contributed by atoms with Gasteiger partial charge in [0.2, 0.25) is 0 Å². The molecule has 4 nitrogen and oxygen atoms in total. The third kappa shape index (κ3) is 3.34. The van der Waals surface area contributed by atoms with Crippen molar-refractivity contribution in [2.75, 3.05) is 0 Å². The van der Waals surface area contributed by atoms with E-state index < -0.39 is 12.1 Å². The van der Waals surface area contributed by atoms with E-state index in [1.165, 1.54) is 5.57 Å². The Hall–Kier alpha value is -1.42. The second-order valence-electron chi connectivity index (χ2n) is 7.90. The summed E-state index contributed by atoms with van der Waals surface area (Å²) < 4.78 is 11.3. The van der Waals surface area contributed by atoms with Crippen molar-refractivity contribution in [1.29, 1.82) is 0 Å². The number of epoxide rings is 1. The Balaban J connectivity index is 1.81. The van der Waals surface area contributed by atoms with Crippen molar-refractivity contribution in [2.45, 2.75) is 77.1 Å². The summed E-state index contributed by atoms with van der Waals surface area (Å²) in [6, 6.07) is 0. The number of hydrogen-bond donors (Lipinski definition) is 0. The van der Waals surface area contributed by atoms with Gasteiger partial charge in [0.1, 0.15) is 0 Å². The smallest absolute Gasteiger partial charge is 0.334 e. The van der Waals surface area contributed by atoms with E-state index in [0.29, 0.717) is 12.0 Å². The Morgan fingerprint density at radius 2 is 2.08 bits per heavy atom. The molecule has 0 aromatic rings. The lowest BCUT2D eigenvalue weighted by atomic mass is 9.82. The molecule has 0 saturated carbocycles. The zero-order valence-corrected chi connectivity index (χ0v) is 15.0. The fourth-order valence-electron chi connectivity index (χ4n) is 3.99. The largest absolute Gasteiger partial charge is 0.450 e. The van der Waals surface area contributed by atoms with E-state index in [0.717, 1.165) is 32.1 Å². The number of ether oxygens (including phenoxy) is 2. The molecule has 0 N–H and O–H groups in total. The van der Waals surface area contributed by atoms with Crippen molar-refractivity contribution in [3.05, 3.63) is 23.8 Å². The maximum absolute atomic E-state index is 12.8. The van der Waals surface area contributed by atoms with E-state index in [1.807, 2.05) is 6.92 Å². The maximum atomic E-state index is 12.8. The van der Waals surface area contributed by atoms with E-state index in [-0.39, 0.29) is 29.3 Å². The van der Waals surface area contributed by atoms with Gasteiger partial charge in [-0.2, -0.15) is 0 Å². The molecule has 2 aliphatic heterocycles. The number of hydrogen-bond acceptors (Lipinski definition) is 4. The molecule has 5 unspecified atom stereocenters. The van der Waals surface area contributed by atoms with Crippen molar-refractivity contribution in [1.82, 2.24) is 0 Å². The van der Waals surface area contributed by atoms with E-state index in [9.17, 15) is 9.59 Å². The number of allylic oxidation sites excluding steroid dienone is 2. The maximum Gasteiger partial charge on any atom is 0.334 e. The molecule has 2 saturated heterocycles. The monoisotopic (exact) mass is 332 g/mol. The summed E-state index contributed by atoms with van der Waals surface area (Å²) in [5.41, 5.74) is 1.67. The lowest BCUT2D eigenvalue weighted by molar-refractivity contribution is -0.148. The van der Waals surface area contributed by atoms with Crippen LogP contribution >= 0.6 is 0 Å². The molecule has 0 bridgehead atoms. The minimum Gasteiger partial charge on any atom is -0.450 e. The van der Waals surface area contributed by atoms with Crippen LogP contribution < -0.4 is 0 Å². The van der Waals surface area contributed by atoms with Gasteiger partial charge >= 0.3 is 5.97 Å². The molecule has 0 aromatic carbocycles. The van der Waals surface area contributed by atoms with Crippen LogP contribution in [-0.4, -0.2) is 29.6 Å². The van der Waals surface area contributed by atoms with Crippen molar-refractivity contribution >= 4 is 11.8 Å². The van der Waals surface area contributed by atoms with Gasteiger partial charge in [0.15, 0.2) is 11.9 Å². The molecule has 0 amide bonds. The minimum absolute atomic E-state index is 0.0352. The molecule has 2 fully saturated rings. The zero-order valence-electron chi connectivity index (χ0n) is 15.0. The Bertz CT molecular complexity index is 590. The van der Waals surface area contributed by atoms with Gasteiger partial charge in [-0.05, 0) is 52.4 Å². The molecule has 4 heteroatoms. The summed E-state index contributed by atoms with van der Waals surface area (Å²) in [4.78, 5) is 24.8. The number of Topliss-reactive ketones (excluding diaryl/α,β-unsaturated/α-hetero) is 1. The number of carbonyl (C=O) groups is 2. The number of ketones is 1. The number of carbonyl (C=O) groups excluding carboxylic acids is 2. The van der Waals surface area contributed by atoms with Gasteiger partial charge in [-0.15, -0.1) is 0 Å². The molecule has 0 radical (unpaired) electrons. The van der Waals surface area contributed by atoms with Crippen molar-refractivity contribution in [3.8, 4) is 0 Å². The molecule has 0 aromatic heterocycles. The SMILES string of the molecule is C=C1C(=O)OC2C(=O)C(C)CCC/C(C)=C\CCC3(C)OC3CC12. The molecule has 5 atom stereocenters. The summed E-state index contributed by atoms with van der Waals surface area (Å²) in [5.74, 6) is -0.722. The Morgan fingerprint density at radius 1 is 1.33 bits per heavy atom. The Morgan fingerprint density at radius 3 is 2.83 bits per heavy atom. The first-order valence-electron chi connectivity index (χ1n) is 9.09. The van der Waals surface area contributed by atoms with Gasteiger partial charge < -0.3 is 9.47 Å². The molecule has 3 rings (SSSR count). The third-order valence-corrected chi connectivity index (χ3v) is 5.92. The van der Waals surface area contributed by atoms with Crippen molar-refractivity contribution < 1.29 is 19.1 Å². The van der Waals surface area contributed by atoms with Crippen molar-refractivity contribution in [3.63, 3.8) is 0 Å². The summed E-state index contributed by atoms with van der Waals surface area (Å²) in [7, 11) is 0. The van der Waals surface area contributed by atoms with E-state index in [4.69, 9.17) is 9.47 Å². The summed E-state index contributed by atoms with van der Waals surface area (Å²) >= 11 is 0. The normalized spacial score (nSPS) is 43.1. The average Bonchev–Trinajstić information content (AvgIpc) is 3.08. The highest BCUT2D eigenvalue weighted by Crippen LogP contribution is 2.47. The van der Waals surface area contributed by atoms with E-state index in [2.05, 4.69) is 26.5 Å². The zero-order chi connectivity index (χ0) is 17.5. The van der Waals surface area contributed by atoms with E-state index >= 15 is 0 Å². The molecule has 24 heavy (non-hydrogen) atoms. The van der Waals surface area contributed by atoms with E-state index in [1.54, 1.807) is 0 Å². The molecule has 0 spiro atoms. The van der Waals surface area contributed by atoms with Gasteiger partial charge in [0.05, 0.1) is 11.7 Å². The molecule has 1 aliphatic carbocycles. The van der Waals surface area contributed by atoms with Gasteiger partial charge in [-0.3, -0.25) is 4.79 Å². The van der Waals surface area contributed by atoms with Crippen LogP contribution in [0, 0.1) is 11.8 Å². The number of rotatable bonds is 0. The first-order valence-corrected chi connectivity index (χ1v) is 9.09. The lowest BCUT2D eigenvalue weighted by Crippen LogP contribution is -2.33. The quantitative estimate of drug-likeness (QED) is 0.293. The predicted octanol–water partition coefficient (Wildman–Crippen LogP) is 3.75. The van der Waals surface area contributed by atoms with Crippen LogP contribution in [0.5, 0.6) is 0 Å². The Kier molecular flexibility index (Phi) is 4.69. The minimum atomic E-state index is -0.673. The van der Waals surface area contributed by atoms with Crippen LogP contribution in [0.2, 0.25) is 0 Å². The highest BCUT2D eigenvalue weighted by molar-refractivity contribution is 5.98. The highest BCUT2D eigenvalue weighted by atomic mass is 16.6. The average molecular weight is 332 g/mol. The summed E-state index contributed by atoms with van der Waals surface area (Å²) in [6.07, 6.45) is 7.16. The van der Waals surface area contributed by atoms with Crippen LogP contribution in [0.15, 0.2) is 23.8 Å². The standard InChI is InChI=1S/C20H28O4/c1-12-7-5-9-13(2)17(21)18-15(14(3)19(22)23-18)11-16-20(4,24-16)10-6-8-12/h8,13,15-16,18H,3,5-7,9-11H2,1-2,4H3/b12-8-. The van der Waals surface area contributed by atoms with Gasteiger partial charge in [0.25, 0.3) is 0 Å². The van der Waals surface area contributed by atoms with Crippen LogP contribution in [0.3, 0.4) is 0 Å². The molecular formula is C20H28O4. The van der Waals surface area contributed by atoms with Crippen LogP contribution in [0.1, 0.15) is 59.3 Å². The topological polar surface area (TPSA) is 55.9 Å². The van der Waals surface area contributed by atoms with Crippen LogP contribution in [0.25, 0.3) is 0 Å². The Labute approximate surface area is 144 Å². The molecule has 132 valence electrons. The molecule has 3 aliphatic rings. The van der Waals surface area contributed by atoms with Crippen molar-refractivity contribution in [2.24, 2.45) is 11.8 Å². The van der Waals surface area contributed by atoms with Gasteiger partial charge in [-0.1, -0.05) is 25.2 Å². The van der Waals surface area contributed by atoms with Crippen LogP contribution in [-0.2, 0) is 19.1 Å². The van der Waals surface area contributed by atoms with Crippen LogP contribution in [0.4, 0.5) is 0 Å². The fraction of sp³-hybridized carbons (Fsp3) is 0.700. The first-order chi connectivity index (χ1) is 11.3. The summed E-state index contributed by atoms with van der Waals surface area (Å²) in [5, 5.41) is 0. The number of fused-ring (bicyclic) bond motifs is 2. The first kappa shape index (κ1) is 17.4. The van der Waals surface area contributed by atoms with Gasteiger partial charge in [-0.25, -0.2) is 4.79 Å². The number of esters is 1. The second kappa shape index (κ2) is 6.47. The summed E-state index contributed by atoms with van der Waals surface area (Å²) in [6.45, 7) is 10.1. The third-order valence-electron chi connectivity index (χ3n) is 5.92. The highest BCUT2D eigenvalue weighted by Gasteiger charge is 2.55. The van der Waals surface area contributed by atoms with Gasteiger partial charge in [0, 0.05) is 17.4 Å². The molecular weight excluding hydrogens is 304 g/mol.